The summed E-state index contributed by atoms with van der Waals surface area (Å²) in [6.45, 7) is 4.00. The molecule has 1 aromatic rings. The van der Waals surface area contributed by atoms with Gasteiger partial charge in [0.15, 0.2) is 0 Å². The second kappa shape index (κ2) is 5.85. The van der Waals surface area contributed by atoms with Crippen molar-refractivity contribution in [3.63, 3.8) is 0 Å². The van der Waals surface area contributed by atoms with Gasteiger partial charge in [-0.3, -0.25) is 4.79 Å². The van der Waals surface area contributed by atoms with Crippen LogP contribution in [0.5, 0.6) is 0 Å². The van der Waals surface area contributed by atoms with E-state index in [1.807, 2.05) is 6.92 Å². The molecule has 0 aliphatic carbocycles. The largest absolute Gasteiger partial charge is 0.481 e. The molecule has 0 aliphatic rings. The fraction of sp³-hybridized carbons (Fsp3) is 0.417. The van der Waals surface area contributed by atoms with E-state index in [9.17, 15) is 4.79 Å². The minimum Gasteiger partial charge on any atom is -0.481 e. The fourth-order valence-corrected chi connectivity index (χ4v) is 1.36. The molecule has 2 N–H and O–H groups in total. The minimum absolute atomic E-state index is 0.386. The zero-order chi connectivity index (χ0) is 12.8. The Balaban J connectivity index is 2.55. The molecule has 0 saturated carbocycles. The van der Waals surface area contributed by atoms with E-state index in [1.165, 1.54) is 0 Å². The highest BCUT2D eigenvalue weighted by atomic mass is 16.4. The van der Waals surface area contributed by atoms with Crippen molar-refractivity contribution in [2.24, 2.45) is 5.92 Å². The molecule has 1 aromatic heterocycles. The van der Waals surface area contributed by atoms with E-state index in [-0.39, 0.29) is 5.92 Å². The molecule has 0 aromatic carbocycles. The molecule has 0 bridgehead atoms. The normalized spacial score (nSPS) is 11.6. The first-order chi connectivity index (χ1) is 8.02. The molecule has 0 aliphatic heterocycles. The average molecular weight is 233 g/mol. The molecule has 0 fully saturated rings. The van der Waals surface area contributed by atoms with Crippen molar-refractivity contribution in [3.8, 4) is 6.07 Å². The number of carboxylic acids is 1. The van der Waals surface area contributed by atoms with Gasteiger partial charge in [0.25, 0.3) is 0 Å². The number of pyridine rings is 1. The molecule has 17 heavy (non-hydrogen) atoms. The first kappa shape index (κ1) is 13.0. The lowest BCUT2D eigenvalue weighted by Crippen LogP contribution is -2.15. The molecule has 1 heterocycles. The lowest BCUT2D eigenvalue weighted by molar-refractivity contribution is -0.141. The Morgan fingerprint density at radius 2 is 2.35 bits per heavy atom. The molecule has 0 radical (unpaired) electrons. The molecular weight excluding hydrogens is 218 g/mol. The third-order valence-electron chi connectivity index (χ3n) is 2.39. The average Bonchev–Trinajstić information content (AvgIpc) is 2.27. The number of rotatable bonds is 5. The van der Waals surface area contributed by atoms with Gasteiger partial charge < -0.3 is 10.4 Å². The third-order valence-corrected chi connectivity index (χ3v) is 2.39. The molecule has 90 valence electrons. The third kappa shape index (κ3) is 4.11. The monoisotopic (exact) mass is 233 g/mol. The van der Waals surface area contributed by atoms with Crippen molar-refractivity contribution < 1.29 is 9.90 Å². The van der Waals surface area contributed by atoms with Crippen LogP contribution in [0.4, 0.5) is 5.82 Å². The Morgan fingerprint density at radius 3 is 2.94 bits per heavy atom. The van der Waals surface area contributed by atoms with Crippen LogP contribution < -0.4 is 5.32 Å². The van der Waals surface area contributed by atoms with Gasteiger partial charge >= 0.3 is 5.97 Å². The summed E-state index contributed by atoms with van der Waals surface area (Å²) >= 11 is 0. The highest BCUT2D eigenvalue weighted by Gasteiger charge is 2.09. The first-order valence-corrected chi connectivity index (χ1v) is 5.38. The maximum absolute atomic E-state index is 10.6. The lowest BCUT2D eigenvalue weighted by Gasteiger charge is -2.09. The van der Waals surface area contributed by atoms with Crippen LogP contribution in [0.1, 0.15) is 24.6 Å². The van der Waals surface area contributed by atoms with Gasteiger partial charge in [-0.2, -0.15) is 5.26 Å². The fourth-order valence-electron chi connectivity index (χ4n) is 1.36. The van der Waals surface area contributed by atoms with Crippen LogP contribution in [0, 0.1) is 24.2 Å². The van der Waals surface area contributed by atoms with Crippen LogP contribution in [0.15, 0.2) is 12.1 Å². The second-order valence-electron chi connectivity index (χ2n) is 3.95. The Kier molecular flexibility index (Phi) is 4.46. The standard InChI is InChI=1S/C12H15N3O2/c1-8(12(16)17)3-4-14-11-6-10(7-13)5-9(2)15-11/h5-6,8H,3-4H2,1-2H3,(H,14,15)(H,16,17). The van der Waals surface area contributed by atoms with Crippen LogP contribution in [0.25, 0.3) is 0 Å². The summed E-state index contributed by atoms with van der Waals surface area (Å²) in [7, 11) is 0. The summed E-state index contributed by atoms with van der Waals surface area (Å²) in [6, 6.07) is 5.40. The predicted molar refractivity (Wildman–Crippen MR) is 63.6 cm³/mol. The Morgan fingerprint density at radius 1 is 1.65 bits per heavy atom. The number of nitriles is 1. The van der Waals surface area contributed by atoms with Crippen LogP contribution in [-0.4, -0.2) is 22.6 Å². The number of nitrogens with zero attached hydrogens (tertiary/aromatic N) is 2. The van der Waals surface area contributed by atoms with Crippen LogP contribution >= 0.6 is 0 Å². The maximum Gasteiger partial charge on any atom is 0.306 e. The van der Waals surface area contributed by atoms with E-state index >= 15 is 0 Å². The van der Waals surface area contributed by atoms with Gasteiger partial charge in [-0.1, -0.05) is 6.92 Å². The van der Waals surface area contributed by atoms with Crippen molar-refractivity contribution >= 4 is 11.8 Å². The minimum atomic E-state index is -0.804. The Bertz CT molecular complexity index is 452. The van der Waals surface area contributed by atoms with Crippen molar-refractivity contribution in [2.75, 3.05) is 11.9 Å². The van der Waals surface area contributed by atoms with Crippen LogP contribution in [0.2, 0.25) is 0 Å². The van der Waals surface area contributed by atoms with Crippen molar-refractivity contribution in [3.05, 3.63) is 23.4 Å². The van der Waals surface area contributed by atoms with E-state index in [0.717, 1.165) is 5.69 Å². The Hall–Kier alpha value is -2.09. The van der Waals surface area contributed by atoms with E-state index in [2.05, 4.69) is 16.4 Å². The zero-order valence-corrected chi connectivity index (χ0v) is 9.90. The number of aryl methyl sites for hydroxylation is 1. The molecule has 1 atom stereocenters. The maximum atomic E-state index is 10.6. The molecule has 5 heteroatoms. The molecule has 0 saturated heterocycles. The lowest BCUT2D eigenvalue weighted by atomic mass is 10.1. The zero-order valence-electron chi connectivity index (χ0n) is 9.90. The second-order valence-corrected chi connectivity index (χ2v) is 3.95. The van der Waals surface area contributed by atoms with Gasteiger partial charge in [0.2, 0.25) is 0 Å². The smallest absolute Gasteiger partial charge is 0.306 e. The number of aromatic nitrogens is 1. The van der Waals surface area contributed by atoms with Gasteiger partial charge in [0.1, 0.15) is 5.82 Å². The first-order valence-electron chi connectivity index (χ1n) is 5.38. The van der Waals surface area contributed by atoms with Crippen molar-refractivity contribution in [1.29, 1.82) is 5.26 Å². The quantitative estimate of drug-likeness (QED) is 0.809. The van der Waals surface area contributed by atoms with Gasteiger partial charge in [0, 0.05) is 12.2 Å². The molecule has 1 unspecified atom stereocenters. The Labute approximate surface area is 100 Å². The topological polar surface area (TPSA) is 86.0 Å². The number of nitrogens with one attached hydrogen (secondary N) is 1. The number of hydrogen-bond donors (Lipinski definition) is 2. The number of aliphatic carboxylic acids is 1. The highest BCUT2D eigenvalue weighted by molar-refractivity contribution is 5.69. The van der Waals surface area contributed by atoms with E-state index < -0.39 is 5.97 Å². The summed E-state index contributed by atoms with van der Waals surface area (Å²) < 4.78 is 0. The molecule has 0 spiro atoms. The number of carboxylic acid groups (broad SMARTS) is 1. The van der Waals surface area contributed by atoms with Gasteiger partial charge in [0.05, 0.1) is 17.6 Å². The molecule has 5 nitrogen and oxygen atoms in total. The summed E-state index contributed by atoms with van der Waals surface area (Å²) in [5, 5.41) is 20.5. The predicted octanol–water partition coefficient (Wildman–Crippen LogP) is 1.78. The van der Waals surface area contributed by atoms with E-state index in [0.29, 0.717) is 24.3 Å². The van der Waals surface area contributed by atoms with E-state index in [4.69, 9.17) is 10.4 Å². The summed E-state index contributed by atoms with van der Waals surface area (Å²) in [6.07, 6.45) is 0.521. The highest BCUT2D eigenvalue weighted by Crippen LogP contribution is 2.10. The summed E-state index contributed by atoms with van der Waals surface area (Å²) in [5.74, 6) is -0.580. The van der Waals surface area contributed by atoms with Gasteiger partial charge in [-0.25, -0.2) is 4.98 Å². The summed E-state index contributed by atoms with van der Waals surface area (Å²) in [5.41, 5.74) is 1.31. The van der Waals surface area contributed by atoms with Crippen LogP contribution in [-0.2, 0) is 4.79 Å². The SMILES string of the molecule is Cc1cc(C#N)cc(NCCC(C)C(=O)O)n1. The number of hydrogen-bond acceptors (Lipinski definition) is 4. The van der Waals surface area contributed by atoms with Crippen molar-refractivity contribution in [1.82, 2.24) is 4.98 Å². The molecular formula is C12H15N3O2. The van der Waals surface area contributed by atoms with Crippen LogP contribution in [0.3, 0.4) is 0 Å². The van der Waals surface area contributed by atoms with E-state index in [1.54, 1.807) is 19.1 Å². The molecule has 0 amide bonds. The summed E-state index contributed by atoms with van der Waals surface area (Å²) in [4.78, 5) is 14.8. The molecule has 1 rings (SSSR count). The van der Waals surface area contributed by atoms with Crippen molar-refractivity contribution in [2.45, 2.75) is 20.3 Å². The number of anilines is 1. The number of carbonyl (C=O) groups is 1. The van der Waals surface area contributed by atoms with Gasteiger partial charge in [-0.15, -0.1) is 0 Å². The van der Waals surface area contributed by atoms with Gasteiger partial charge in [-0.05, 0) is 25.5 Å².